The van der Waals surface area contributed by atoms with E-state index in [0.717, 1.165) is 31.1 Å². The first kappa shape index (κ1) is 10.7. The monoisotopic (exact) mass is 202 g/mol. The van der Waals surface area contributed by atoms with Gasteiger partial charge < -0.3 is 4.74 Å². The average Bonchev–Trinajstić information content (AvgIpc) is 2.04. The Morgan fingerprint density at radius 3 is 2.85 bits per heavy atom. The second-order valence-electron chi connectivity index (χ2n) is 3.97. The van der Waals surface area contributed by atoms with Crippen LogP contribution in [0.2, 0.25) is 0 Å². The third-order valence-electron chi connectivity index (χ3n) is 2.56. The lowest BCUT2D eigenvalue weighted by molar-refractivity contribution is -0.105. The fourth-order valence-electron chi connectivity index (χ4n) is 1.74. The number of hydrogen-bond acceptors (Lipinski definition) is 2. The van der Waals surface area contributed by atoms with E-state index in [-0.39, 0.29) is 5.41 Å². The molecule has 0 aromatic rings. The largest absolute Gasteiger partial charge is 0.384 e. The minimum atomic E-state index is 0.109. The molecule has 0 fully saturated rings. The highest BCUT2D eigenvalue weighted by molar-refractivity contribution is 6.31. The van der Waals surface area contributed by atoms with E-state index < -0.39 is 0 Å². The number of ether oxygens (including phenoxy) is 1. The molecule has 0 aromatic carbocycles. The van der Waals surface area contributed by atoms with Gasteiger partial charge in [-0.2, -0.15) is 0 Å². The Morgan fingerprint density at radius 2 is 2.38 bits per heavy atom. The molecule has 0 aliphatic heterocycles. The fourth-order valence-corrected chi connectivity index (χ4v) is 2.20. The van der Waals surface area contributed by atoms with Crippen LogP contribution in [-0.2, 0) is 9.53 Å². The predicted molar refractivity (Wildman–Crippen MR) is 52.8 cm³/mol. The summed E-state index contributed by atoms with van der Waals surface area (Å²) in [6.07, 6.45) is 3.39. The number of aldehydes is 1. The lowest BCUT2D eigenvalue weighted by Gasteiger charge is -2.32. The van der Waals surface area contributed by atoms with Crippen LogP contribution in [0.15, 0.2) is 10.6 Å². The smallest absolute Gasteiger partial charge is 0.147 e. The van der Waals surface area contributed by atoms with Gasteiger partial charge in [0.2, 0.25) is 0 Å². The summed E-state index contributed by atoms with van der Waals surface area (Å²) in [5.41, 5.74) is 0.869. The molecule has 0 bridgehead atoms. The molecule has 1 atom stereocenters. The minimum Gasteiger partial charge on any atom is -0.384 e. The maximum absolute atomic E-state index is 10.6. The lowest BCUT2D eigenvalue weighted by atomic mass is 9.77. The quantitative estimate of drug-likeness (QED) is 0.658. The number of halogens is 1. The van der Waals surface area contributed by atoms with Gasteiger partial charge in [0.25, 0.3) is 0 Å². The molecule has 0 aromatic heterocycles. The van der Waals surface area contributed by atoms with Crippen LogP contribution in [0.5, 0.6) is 0 Å². The summed E-state index contributed by atoms with van der Waals surface area (Å²) >= 11 is 6.00. The van der Waals surface area contributed by atoms with Gasteiger partial charge in [-0.05, 0) is 24.7 Å². The van der Waals surface area contributed by atoms with E-state index in [4.69, 9.17) is 16.3 Å². The van der Waals surface area contributed by atoms with Gasteiger partial charge in [-0.15, -0.1) is 0 Å². The van der Waals surface area contributed by atoms with Gasteiger partial charge in [-0.25, -0.2) is 0 Å². The molecule has 3 heteroatoms. The van der Waals surface area contributed by atoms with Gasteiger partial charge in [0, 0.05) is 17.7 Å². The van der Waals surface area contributed by atoms with E-state index in [1.807, 2.05) is 0 Å². The minimum absolute atomic E-state index is 0.109. The van der Waals surface area contributed by atoms with Gasteiger partial charge in [0.05, 0.1) is 6.61 Å². The number of rotatable bonds is 3. The zero-order valence-corrected chi connectivity index (χ0v) is 8.86. The molecule has 1 unspecified atom stereocenters. The second-order valence-corrected chi connectivity index (χ2v) is 4.42. The molecule has 0 radical (unpaired) electrons. The topological polar surface area (TPSA) is 26.3 Å². The van der Waals surface area contributed by atoms with Crippen molar-refractivity contribution in [2.45, 2.75) is 26.2 Å². The van der Waals surface area contributed by atoms with Gasteiger partial charge in [0.15, 0.2) is 0 Å². The third kappa shape index (κ3) is 2.55. The molecular formula is C10H15ClO2. The molecule has 13 heavy (non-hydrogen) atoms. The van der Waals surface area contributed by atoms with Crippen molar-refractivity contribution in [1.82, 2.24) is 0 Å². The molecular weight excluding hydrogens is 188 g/mol. The van der Waals surface area contributed by atoms with Gasteiger partial charge >= 0.3 is 0 Å². The number of hydrogen-bond donors (Lipinski definition) is 0. The first-order valence-electron chi connectivity index (χ1n) is 4.43. The molecule has 0 spiro atoms. The van der Waals surface area contributed by atoms with Crippen molar-refractivity contribution in [1.29, 1.82) is 0 Å². The summed E-state index contributed by atoms with van der Waals surface area (Å²) < 4.78 is 5.13. The van der Waals surface area contributed by atoms with Crippen molar-refractivity contribution in [2.75, 3.05) is 13.7 Å². The summed E-state index contributed by atoms with van der Waals surface area (Å²) in [6, 6.07) is 0. The van der Waals surface area contributed by atoms with Crippen molar-refractivity contribution >= 4 is 17.9 Å². The van der Waals surface area contributed by atoms with Crippen molar-refractivity contribution in [2.24, 2.45) is 5.41 Å². The Bertz CT molecular complexity index is 235. The van der Waals surface area contributed by atoms with Crippen LogP contribution in [0.4, 0.5) is 0 Å². The molecule has 2 nitrogen and oxygen atoms in total. The average molecular weight is 203 g/mol. The normalized spacial score (nSPS) is 29.2. The van der Waals surface area contributed by atoms with Crippen molar-refractivity contribution in [3.63, 3.8) is 0 Å². The summed E-state index contributed by atoms with van der Waals surface area (Å²) in [5, 5.41) is 0.709. The number of methoxy groups -OCH3 is 1. The maximum atomic E-state index is 10.6. The first-order chi connectivity index (χ1) is 6.11. The zero-order chi connectivity index (χ0) is 9.90. The zero-order valence-electron chi connectivity index (χ0n) is 8.10. The van der Waals surface area contributed by atoms with E-state index in [2.05, 4.69) is 6.92 Å². The Labute approximate surface area is 83.9 Å². The number of carbonyl (C=O) groups is 1. The third-order valence-corrected chi connectivity index (χ3v) is 2.94. The molecule has 1 aliphatic rings. The van der Waals surface area contributed by atoms with Crippen molar-refractivity contribution in [3.05, 3.63) is 10.6 Å². The first-order valence-corrected chi connectivity index (χ1v) is 4.81. The van der Waals surface area contributed by atoms with Crippen molar-refractivity contribution < 1.29 is 9.53 Å². The number of carbonyl (C=O) groups excluding carboxylic acids is 1. The molecule has 74 valence electrons. The van der Waals surface area contributed by atoms with E-state index in [9.17, 15) is 4.79 Å². The van der Waals surface area contributed by atoms with Crippen LogP contribution in [0.1, 0.15) is 26.2 Å². The summed E-state index contributed by atoms with van der Waals surface area (Å²) in [7, 11) is 1.69. The Morgan fingerprint density at radius 1 is 1.69 bits per heavy atom. The van der Waals surface area contributed by atoms with Gasteiger partial charge in [-0.1, -0.05) is 18.5 Å². The van der Waals surface area contributed by atoms with Gasteiger partial charge in [0.1, 0.15) is 6.29 Å². The Hall–Kier alpha value is -0.340. The summed E-state index contributed by atoms with van der Waals surface area (Å²) in [5.74, 6) is 0. The van der Waals surface area contributed by atoms with E-state index in [1.54, 1.807) is 7.11 Å². The van der Waals surface area contributed by atoms with E-state index >= 15 is 0 Å². The highest BCUT2D eigenvalue weighted by Crippen LogP contribution is 2.40. The highest BCUT2D eigenvalue weighted by atomic mass is 35.5. The fraction of sp³-hybridized carbons (Fsp3) is 0.700. The molecule has 1 rings (SSSR count). The van der Waals surface area contributed by atoms with Crippen molar-refractivity contribution in [3.8, 4) is 0 Å². The van der Waals surface area contributed by atoms with Crippen LogP contribution in [0.25, 0.3) is 0 Å². The summed E-state index contributed by atoms with van der Waals surface area (Å²) in [4.78, 5) is 10.6. The Kier molecular flexibility index (Phi) is 3.51. The van der Waals surface area contributed by atoms with Crippen LogP contribution in [0, 0.1) is 5.41 Å². The number of allylic oxidation sites excluding steroid dienone is 2. The van der Waals surface area contributed by atoms with Crippen LogP contribution >= 0.6 is 11.6 Å². The molecule has 0 heterocycles. The second kappa shape index (κ2) is 4.25. The summed E-state index contributed by atoms with van der Waals surface area (Å²) in [6.45, 7) is 2.84. The molecule has 0 amide bonds. The Balaban J connectivity index is 2.71. The molecule has 0 saturated heterocycles. The van der Waals surface area contributed by atoms with E-state index in [1.165, 1.54) is 0 Å². The maximum Gasteiger partial charge on any atom is 0.147 e. The van der Waals surface area contributed by atoms with Crippen LogP contribution in [-0.4, -0.2) is 20.0 Å². The SMILES string of the molecule is COCC1(C)CCC(C=O)=C(Cl)C1. The van der Waals surface area contributed by atoms with Crippen LogP contribution in [0.3, 0.4) is 0 Å². The van der Waals surface area contributed by atoms with E-state index in [0.29, 0.717) is 11.6 Å². The standard InChI is InChI=1S/C10H15ClO2/c1-10(7-13-2)4-3-8(6-12)9(11)5-10/h6H,3-5,7H2,1-2H3. The molecule has 1 aliphatic carbocycles. The van der Waals surface area contributed by atoms with Crippen LogP contribution < -0.4 is 0 Å². The molecule has 0 N–H and O–H groups in total. The lowest BCUT2D eigenvalue weighted by Crippen LogP contribution is -2.26. The predicted octanol–water partition coefficient (Wildman–Crippen LogP) is 2.51. The molecule has 0 saturated carbocycles. The van der Waals surface area contributed by atoms with Gasteiger partial charge in [-0.3, -0.25) is 4.79 Å². The highest BCUT2D eigenvalue weighted by Gasteiger charge is 2.30.